The van der Waals surface area contributed by atoms with Crippen molar-refractivity contribution in [3.8, 4) is 0 Å². The van der Waals surface area contributed by atoms with E-state index in [1.165, 1.54) is 4.31 Å². The minimum absolute atomic E-state index is 0.0431. The SMILES string of the molecule is CC(C)c1ccc(S(=O)(=O)N2CCCC(N)C2)cc1. The maximum Gasteiger partial charge on any atom is 0.243 e. The molecule has 1 heterocycles. The van der Waals surface area contributed by atoms with E-state index in [-0.39, 0.29) is 6.04 Å². The van der Waals surface area contributed by atoms with Crippen LogP contribution in [0, 0.1) is 0 Å². The van der Waals surface area contributed by atoms with Crippen molar-refractivity contribution in [1.29, 1.82) is 0 Å². The molecule has 0 amide bonds. The number of benzene rings is 1. The van der Waals surface area contributed by atoms with E-state index in [9.17, 15) is 8.42 Å². The average molecular weight is 282 g/mol. The van der Waals surface area contributed by atoms with Crippen LogP contribution >= 0.6 is 0 Å². The van der Waals surface area contributed by atoms with Crippen LogP contribution in [0.5, 0.6) is 0 Å². The number of rotatable bonds is 3. The van der Waals surface area contributed by atoms with Crippen molar-refractivity contribution in [2.75, 3.05) is 13.1 Å². The zero-order valence-electron chi connectivity index (χ0n) is 11.5. The number of piperidine rings is 1. The molecule has 4 nitrogen and oxygen atoms in total. The second-order valence-corrected chi connectivity index (χ2v) is 7.43. The molecule has 1 aromatic rings. The molecule has 1 aliphatic heterocycles. The lowest BCUT2D eigenvalue weighted by atomic mass is 10.0. The maximum absolute atomic E-state index is 12.5. The van der Waals surface area contributed by atoms with Gasteiger partial charge >= 0.3 is 0 Å². The molecule has 0 aliphatic carbocycles. The van der Waals surface area contributed by atoms with Gasteiger partial charge in [-0.2, -0.15) is 4.31 Å². The summed E-state index contributed by atoms with van der Waals surface area (Å²) >= 11 is 0. The number of sulfonamides is 1. The number of nitrogens with zero attached hydrogens (tertiary/aromatic N) is 1. The molecular weight excluding hydrogens is 260 g/mol. The van der Waals surface area contributed by atoms with Gasteiger partial charge in [-0.25, -0.2) is 8.42 Å². The summed E-state index contributed by atoms with van der Waals surface area (Å²) in [7, 11) is -3.38. The van der Waals surface area contributed by atoms with Crippen molar-refractivity contribution < 1.29 is 8.42 Å². The predicted octanol–water partition coefficient (Wildman–Crippen LogP) is 1.92. The minimum atomic E-state index is -3.38. The van der Waals surface area contributed by atoms with Crippen LogP contribution < -0.4 is 5.73 Å². The van der Waals surface area contributed by atoms with Crippen molar-refractivity contribution in [1.82, 2.24) is 4.31 Å². The Morgan fingerprint density at radius 1 is 1.26 bits per heavy atom. The topological polar surface area (TPSA) is 63.4 Å². The molecular formula is C14H22N2O2S. The molecule has 0 aromatic heterocycles. The van der Waals surface area contributed by atoms with Gasteiger partial charge in [-0.3, -0.25) is 0 Å². The highest BCUT2D eigenvalue weighted by molar-refractivity contribution is 7.89. The molecule has 1 atom stereocenters. The molecule has 2 N–H and O–H groups in total. The number of hydrogen-bond acceptors (Lipinski definition) is 3. The Morgan fingerprint density at radius 2 is 1.89 bits per heavy atom. The highest BCUT2D eigenvalue weighted by atomic mass is 32.2. The van der Waals surface area contributed by atoms with E-state index in [1.807, 2.05) is 12.1 Å². The van der Waals surface area contributed by atoms with Crippen LogP contribution in [0.25, 0.3) is 0 Å². The third-order valence-electron chi connectivity index (χ3n) is 3.61. The van der Waals surface area contributed by atoms with E-state index in [4.69, 9.17) is 5.73 Å². The van der Waals surface area contributed by atoms with Crippen molar-refractivity contribution >= 4 is 10.0 Å². The van der Waals surface area contributed by atoms with Crippen LogP contribution in [0.3, 0.4) is 0 Å². The van der Waals surface area contributed by atoms with Gasteiger partial charge in [0.15, 0.2) is 0 Å². The fourth-order valence-corrected chi connectivity index (χ4v) is 3.90. The quantitative estimate of drug-likeness (QED) is 0.921. The highest BCUT2D eigenvalue weighted by Gasteiger charge is 2.28. The van der Waals surface area contributed by atoms with E-state index >= 15 is 0 Å². The van der Waals surface area contributed by atoms with Gasteiger partial charge in [-0.1, -0.05) is 26.0 Å². The molecule has 0 saturated carbocycles. The van der Waals surface area contributed by atoms with Gasteiger partial charge in [0.1, 0.15) is 0 Å². The summed E-state index contributed by atoms with van der Waals surface area (Å²) in [6.07, 6.45) is 1.74. The molecule has 1 unspecified atom stereocenters. The van der Waals surface area contributed by atoms with Crippen molar-refractivity contribution in [3.63, 3.8) is 0 Å². The van der Waals surface area contributed by atoms with Crippen LogP contribution in [-0.4, -0.2) is 31.9 Å². The molecule has 1 aromatic carbocycles. The fraction of sp³-hybridized carbons (Fsp3) is 0.571. The summed E-state index contributed by atoms with van der Waals surface area (Å²) in [5.41, 5.74) is 7.01. The van der Waals surface area contributed by atoms with Gasteiger partial charge in [0, 0.05) is 19.1 Å². The van der Waals surface area contributed by atoms with Crippen LogP contribution in [0.1, 0.15) is 38.2 Å². The monoisotopic (exact) mass is 282 g/mol. The predicted molar refractivity (Wildman–Crippen MR) is 76.5 cm³/mol. The summed E-state index contributed by atoms with van der Waals surface area (Å²) in [6, 6.07) is 7.14. The Balaban J connectivity index is 2.23. The summed E-state index contributed by atoms with van der Waals surface area (Å²) in [6.45, 7) is 5.18. The lowest BCUT2D eigenvalue weighted by molar-refractivity contribution is 0.316. The molecule has 106 valence electrons. The van der Waals surface area contributed by atoms with Crippen LogP contribution in [0.15, 0.2) is 29.2 Å². The van der Waals surface area contributed by atoms with Crippen molar-refractivity contribution in [2.45, 2.75) is 43.5 Å². The molecule has 0 spiro atoms. The molecule has 1 fully saturated rings. The van der Waals surface area contributed by atoms with Gasteiger partial charge in [-0.15, -0.1) is 0 Å². The minimum Gasteiger partial charge on any atom is -0.327 e. The zero-order valence-corrected chi connectivity index (χ0v) is 12.4. The van der Waals surface area contributed by atoms with Gasteiger partial charge < -0.3 is 5.73 Å². The third kappa shape index (κ3) is 3.16. The summed E-state index contributed by atoms with van der Waals surface area (Å²) in [4.78, 5) is 0.367. The Hall–Kier alpha value is -0.910. The number of hydrogen-bond donors (Lipinski definition) is 1. The fourth-order valence-electron chi connectivity index (χ4n) is 2.37. The first-order valence-corrected chi connectivity index (χ1v) is 8.21. The molecule has 1 saturated heterocycles. The van der Waals surface area contributed by atoms with Crippen LogP contribution in [0.4, 0.5) is 0 Å². The second kappa shape index (κ2) is 5.61. The van der Waals surface area contributed by atoms with Crippen LogP contribution in [-0.2, 0) is 10.0 Å². The smallest absolute Gasteiger partial charge is 0.243 e. The van der Waals surface area contributed by atoms with E-state index in [2.05, 4.69) is 13.8 Å². The molecule has 2 rings (SSSR count). The Kier molecular flexibility index (Phi) is 4.28. The standard InChI is InChI=1S/C14H22N2O2S/c1-11(2)12-5-7-14(8-6-12)19(17,18)16-9-3-4-13(15)10-16/h5-8,11,13H,3-4,9-10,15H2,1-2H3. The Bertz CT molecular complexity index is 523. The molecule has 0 radical (unpaired) electrons. The van der Waals surface area contributed by atoms with E-state index in [0.29, 0.717) is 23.9 Å². The van der Waals surface area contributed by atoms with E-state index < -0.39 is 10.0 Å². The first-order chi connectivity index (χ1) is 8.91. The van der Waals surface area contributed by atoms with Crippen molar-refractivity contribution in [2.24, 2.45) is 5.73 Å². The third-order valence-corrected chi connectivity index (χ3v) is 5.48. The second-order valence-electron chi connectivity index (χ2n) is 5.49. The first-order valence-electron chi connectivity index (χ1n) is 6.77. The summed E-state index contributed by atoms with van der Waals surface area (Å²) in [5.74, 6) is 0.403. The summed E-state index contributed by atoms with van der Waals surface area (Å²) in [5, 5.41) is 0. The van der Waals surface area contributed by atoms with Gasteiger partial charge in [-0.05, 0) is 36.5 Å². The molecule has 5 heteroatoms. The van der Waals surface area contributed by atoms with Gasteiger partial charge in [0.25, 0.3) is 0 Å². The van der Waals surface area contributed by atoms with E-state index in [1.54, 1.807) is 12.1 Å². The van der Waals surface area contributed by atoms with Crippen molar-refractivity contribution in [3.05, 3.63) is 29.8 Å². The lowest BCUT2D eigenvalue weighted by Gasteiger charge is -2.29. The van der Waals surface area contributed by atoms with Crippen LogP contribution in [0.2, 0.25) is 0 Å². The largest absolute Gasteiger partial charge is 0.327 e. The Labute approximate surface area is 115 Å². The molecule has 1 aliphatic rings. The molecule has 19 heavy (non-hydrogen) atoms. The van der Waals surface area contributed by atoms with Gasteiger partial charge in [0.05, 0.1) is 4.90 Å². The Morgan fingerprint density at radius 3 is 2.42 bits per heavy atom. The number of nitrogens with two attached hydrogens (primary N) is 1. The van der Waals surface area contributed by atoms with E-state index in [0.717, 1.165) is 18.4 Å². The lowest BCUT2D eigenvalue weighted by Crippen LogP contribution is -2.45. The maximum atomic E-state index is 12.5. The molecule has 0 bridgehead atoms. The average Bonchev–Trinajstić information content (AvgIpc) is 2.39. The normalized spacial score (nSPS) is 21.8. The first kappa shape index (κ1) is 14.5. The van der Waals surface area contributed by atoms with Gasteiger partial charge in [0.2, 0.25) is 10.0 Å². The zero-order chi connectivity index (χ0) is 14.0. The summed E-state index contributed by atoms with van der Waals surface area (Å²) < 4.78 is 26.5. The highest BCUT2D eigenvalue weighted by Crippen LogP contribution is 2.22.